The summed E-state index contributed by atoms with van der Waals surface area (Å²) in [5.41, 5.74) is 1.24. The third-order valence-electron chi connectivity index (χ3n) is 3.71. The molecule has 0 saturated heterocycles. The summed E-state index contributed by atoms with van der Waals surface area (Å²) in [5.74, 6) is 0.586. The molecule has 2 rings (SSSR count). The molecule has 1 heterocycles. The Morgan fingerprint density at radius 1 is 1.19 bits per heavy atom. The highest BCUT2D eigenvalue weighted by molar-refractivity contribution is 7.91. The van der Waals surface area contributed by atoms with Gasteiger partial charge in [0.15, 0.2) is 9.34 Å². The molecule has 7 nitrogen and oxygen atoms in total. The molecule has 0 radical (unpaired) electrons. The van der Waals surface area contributed by atoms with Crippen LogP contribution in [0, 0.1) is 6.92 Å². The maximum absolute atomic E-state index is 12.5. The standard InChI is InChI=1S/C17H23N3O4S2/c1-6-24-14-9-7-13(8-10-14)11-15(21)20(5)17-18-12(2)16(25-17)26(22,23)19(3)4/h7-10H,6,11H2,1-5H3. The molecule has 0 aliphatic rings. The van der Waals surface area contributed by atoms with Crippen LogP contribution in [0.3, 0.4) is 0 Å². The number of rotatable bonds is 7. The lowest BCUT2D eigenvalue weighted by atomic mass is 10.1. The first-order chi connectivity index (χ1) is 12.2. The number of hydrogen-bond acceptors (Lipinski definition) is 6. The van der Waals surface area contributed by atoms with Crippen LogP contribution in [-0.4, -0.2) is 51.4 Å². The molecular formula is C17H23N3O4S2. The van der Waals surface area contributed by atoms with Gasteiger partial charge < -0.3 is 4.74 Å². The van der Waals surface area contributed by atoms with Gasteiger partial charge in [0.05, 0.1) is 18.7 Å². The minimum absolute atomic E-state index is 0.151. The predicted molar refractivity (Wildman–Crippen MR) is 102 cm³/mol. The number of anilines is 1. The van der Waals surface area contributed by atoms with Crippen molar-refractivity contribution in [1.82, 2.24) is 9.29 Å². The second kappa shape index (κ2) is 8.15. The molecule has 0 aliphatic heterocycles. The van der Waals surface area contributed by atoms with Crippen LogP contribution in [0.4, 0.5) is 5.13 Å². The van der Waals surface area contributed by atoms with Crippen LogP contribution in [0.1, 0.15) is 18.2 Å². The highest BCUT2D eigenvalue weighted by Gasteiger charge is 2.26. The molecule has 0 saturated carbocycles. The zero-order valence-corrected chi connectivity index (χ0v) is 17.1. The van der Waals surface area contributed by atoms with Gasteiger partial charge in [-0.3, -0.25) is 9.69 Å². The van der Waals surface area contributed by atoms with E-state index in [2.05, 4.69) is 4.98 Å². The summed E-state index contributed by atoms with van der Waals surface area (Å²) < 4.78 is 31.3. The number of ether oxygens (including phenoxy) is 1. The topological polar surface area (TPSA) is 79.8 Å². The van der Waals surface area contributed by atoms with E-state index < -0.39 is 10.0 Å². The Kier molecular flexibility index (Phi) is 6.38. The molecule has 1 amide bonds. The second-order valence-electron chi connectivity index (χ2n) is 5.86. The Bertz CT molecular complexity index is 874. The largest absolute Gasteiger partial charge is 0.494 e. The number of hydrogen-bond donors (Lipinski definition) is 0. The van der Waals surface area contributed by atoms with Crippen LogP contribution in [-0.2, 0) is 21.2 Å². The van der Waals surface area contributed by atoms with Crippen molar-refractivity contribution in [2.24, 2.45) is 0 Å². The van der Waals surface area contributed by atoms with Gasteiger partial charge in [0, 0.05) is 21.1 Å². The summed E-state index contributed by atoms with van der Waals surface area (Å²) in [6.07, 6.45) is 0.192. The number of aromatic nitrogens is 1. The zero-order valence-electron chi connectivity index (χ0n) is 15.5. The monoisotopic (exact) mass is 397 g/mol. The number of benzene rings is 1. The number of thiazole rings is 1. The highest BCUT2D eigenvalue weighted by atomic mass is 32.2. The summed E-state index contributed by atoms with van der Waals surface area (Å²) in [5, 5.41) is 0.360. The van der Waals surface area contributed by atoms with Crippen molar-refractivity contribution >= 4 is 32.4 Å². The first kappa shape index (κ1) is 20.3. The van der Waals surface area contributed by atoms with Crippen molar-refractivity contribution in [3.63, 3.8) is 0 Å². The van der Waals surface area contributed by atoms with Gasteiger partial charge in [0.2, 0.25) is 5.91 Å². The summed E-state index contributed by atoms with van der Waals surface area (Å²) in [6, 6.07) is 7.32. The van der Waals surface area contributed by atoms with Crippen LogP contribution in [0.15, 0.2) is 28.5 Å². The molecule has 9 heteroatoms. The van der Waals surface area contributed by atoms with E-state index in [4.69, 9.17) is 4.74 Å². The lowest BCUT2D eigenvalue weighted by Gasteiger charge is -2.14. The third-order valence-corrected chi connectivity index (χ3v) is 7.34. The fourth-order valence-electron chi connectivity index (χ4n) is 2.19. The maximum atomic E-state index is 12.5. The van der Waals surface area contributed by atoms with Crippen molar-refractivity contribution < 1.29 is 17.9 Å². The van der Waals surface area contributed by atoms with Gasteiger partial charge in [0.1, 0.15) is 5.75 Å². The Morgan fingerprint density at radius 3 is 2.35 bits per heavy atom. The summed E-state index contributed by atoms with van der Waals surface area (Å²) >= 11 is 0.995. The Morgan fingerprint density at radius 2 is 1.81 bits per heavy atom. The van der Waals surface area contributed by atoms with Crippen LogP contribution >= 0.6 is 11.3 Å². The molecule has 0 unspecified atom stereocenters. The van der Waals surface area contributed by atoms with Gasteiger partial charge in [-0.05, 0) is 31.5 Å². The fourth-order valence-corrected chi connectivity index (χ4v) is 4.81. The summed E-state index contributed by atoms with van der Waals surface area (Å²) in [4.78, 5) is 18.2. The quantitative estimate of drug-likeness (QED) is 0.716. The molecule has 0 bridgehead atoms. The first-order valence-electron chi connectivity index (χ1n) is 8.05. The van der Waals surface area contributed by atoms with E-state index in [1.54, 1.807) is 14.0 Å². The second-order valence-corrected chi connectivity index (χ2v) is 9.19. The van der Waals surface area contributed by atoms with E-state index in [1.807, 2.05) is 31.2 Å². The van der Waals surface area contributed by atoms with Crippen molar-refractivity contribution in [2.75, 3.05) is 32.6 Å². The Labute approximate surface area is 158 Å². The fraction of sp³-hybridized carbons (Fsp3) is 0.412. The van der Waals surface area contributed by atoms with Crippen LogP contribution in [0.5, 0.6) is 5.75 Å². The van der Waals surface area contributed by atoms with Crippen molar-refractivity contribution in [2.45, 2.75) is 24.5 Å². The number of carbonyl (C=O) groups excluding carboxylic acids is 1. The van der Waals surface area contributed by atoms with E-state index in [9.17, 15) is 13.2 Å². The van der Waals surface area contributed by atoms with Crippen molar-refractivity contribution in [3.8, 4) is 5.75 Å². The average Bonchev–Trinajstić information content (AvgIpc) is 2.98. The number of carbonyl (C=O) groups is 1. The van der Waals surface area contributed by atoms with E-state index in [1.165, 1.54) is 19.0 Å². The first-order valence-corrected chi connectivity index (χ1v) is 10.3. The van der Waals surface area contributed by atoms with Gasteiger partial charge in [-0.1, -0.05) is 23.5 Å². The zero-order chi connectivity index (χ0) is 19.5. The van der Waals surface area contributed by atoms with E-state index >= 15 is 0 Å². The van der Waals surface area contributed by atoms with Crippen molar-refractivity contribution in [1.29, 1.82) is 0 Å². The summed E-state index contributed by atoms with van der Waals surface area (Å²) in [6.45, 7) is 4.12. The average molecular weight is 398 g/mol. The smallest absolute Gasteiger partial charge is 0.254 e. The molecule has 0 N–H and O–H groups in total. The van der Waals surface area contributed by atoms with Gasteiger partial charge >= 0.3 is 0 Å². The van der Waals surface area contributed by atoms with E-state index in [0.29, 0.717) is 17.4 Å². The number of amides is 1. The van der Waals surface area contributed by atoms with Crippen LogP contribution in [0.2, 0.25) is 0 Å². The van der Waals surface area contributed by atoms with Gasteiger partial charge in [0.25, 0.3) is 10.0 Å². The SMILES string of the molecule is CCOc1ccc(CC(=O)N(C)c2nc(C)c(S(=O)(=O)N(C)C)s2)cc1. The van der Waals surface area contributed by atoms with Gasteiger partial charge in [-0.2, -0.15) is 0 Å². The van der Waals surface area contributed by atoms with Crippen LogP contribution < -0.4 is 9.64 Å². The van der Waals surface area contributed by atoms with Gasteiger partial charge in [-0.25, -0.2) is 17.7 Å². The molecule has 0 spiro atoms. The van der Waals surface area contributed by atoms with E-state index in [0.717, 1.165) is 27.0 Å². The number of likely N-dealkylation sites (N-methyl/N-ethyl adjacent to an activating group) is 1. The molecule has 0 aliphatic carbocycles. The molecule has 26 heavy (non-hydrogen) atoms. The molecule has 0 atom stereocenters. The molecule has 1 aromatic heterocycles. The minimum atomic E-state index is -3.58. The predicted octanol–water partition coefficient (Wildman–Crippen LogP) is 2.31. The van der Waals surface area contributed by atoms with Crippen molar-refractivity contribution in [3.05, 3.63) is 35.5 Å². The third kappa shape index (κ3) is 4.40. The lowest BCUT2D eigenvalue weighted by molar-refractivity contribution is -0.117. The lowest BCUT2D eigenvalue weighted by Crippen LogP contribution is -2.27. The molecule has 142 valence electrons. The summed E-state index contributed by atoms with van der Waals surface area (Å²) in [7, 11) is 0.955. The number of aryl methyl sites for hydroxylation is 1. The van der Waals surface area contributed by atoms with E-state index in [-0.39, 0.29) is 16.5 Å². The van der Waals surface area contributed by atoms with Gasteiger partial charge in [-0.15, -0.1) is 0 Å². The minimum Gasteiger partial charge on any atom is -0.494 e. The molecule has 0 fully saturated rings. The number of nitrogens with zero attached hydrogens (tertiary/aromatic N) is 3. The molecular weight excluding hydrogens is 374 g/mol. The normalized spacial score (nSPS) is 11.6. The Balaban J connectivity index is 2.16. The number of sulfonamides is 1. The highest BCUT2D eigenvalue weighted by Crippen LogP contribution is 2.31. The molecule has 2 aromatic rings. The van der Waals surface area contributed by atoms with Crippen LogP contribution in [0.25, 0.3) is 0 Å². The Hall–Kier alpha value is -1.97. The maximum Gasteiger partial charge on any atom is 0.254 e. The molecule has 1 aromatic carbocycles.